The summed E-state index contributed by atoms with van der Waals surface area (Å²) >= 11 is 0. The Bertz CT molecular complexity index is 453. The molecular formula is C15H21FN2O. The van der Waals surface area contributed by atoms with Crippen LogP contribution in [0.5, 0.6) is 0 Å². The van der Waals surface area contributed by atoms with Crippen molar-refractivity contribution in [2.75, 3.05) is 25.5 Å². The summed E-state index contributed by atoms with van der Waals surface area (Å²) in [5.74, 6) is 0.274. The number of halogens is 1. The molecule has 1 aliphatic heterocycles. The van der Waals surface area contributed by atoms with Gasteiger partial charge in [0.2, 0.25) is 0 Å². The van der Waals surface area contributed by atoms with Gasteiger partial charge in [-0.15, -0.1) is 0 Å². The van der Waals surface area contributed by atoms with Crippen LogP contribution in [0.1, 0.15) is 36.5 Å². The van der Waals surface area contributed by atoms with Crippen LogP contribution in [-0.2, 0) is 0 Å². The van der Waals surface area contributed by atoms with E-state index in [1.54, 1.807) is 19.2 Å². The molecule has 1 N–H and O–H groups in total. The van der Waals surface area contributed by atoms with Gasteiger partial charge in [0.1, 0.15) is 5.82 Å². The zero-order chi connectivity index (χ0) is 13.8. The summed E-state index contributed by atoms with van der Waals surface area (Å²) in [7, 11) is 1.64. The van der Waals surface area contributed by atoms with Gasteiger partial charge in [-0.25, -0.2) is 4.39 Å². The van der Waals surface area contributed by atoms with Crippen LogP contribution in [0.25, 0.3) is 0 Å². The van der Waals surface area contributed by atoms with E-state index in [4.69, 9.17) is 0 Å². The van der Waals surface area contributed by atoms with Gasteiger partial charge in [-0.05, 0) is 30.9 Å². The third-order valence-electron chi connectivity index (χ3n) is 3.97. The van der Waals surface area contributed by atoms with Crippen molar-refractivity contribution in [2.24, 2.45) is 5.92 Å². The van der Waals surface area contributed by atoms with Crippen LogP contribution in [-0.4, -0.2) is 30.9 Å². The van der Waals surface area contributed by atoms with Crippen molar-refractivity contribution in [3.63, 3.8) is 0 Å². The third-order valence-corrected chi connectivity index (χ3v) is 3.97. The molecule has 4 heteroatoms. The Balaban J connectivity index is 2.14. The highest BCUT2D eigenvalue weighted by atomic mass is 19.1. The normalized spacial score (nSPS) is 16.5. The molecule has 0 radical (unpaired) electrons. The summed E-state index contributed by atoms with van der Waals surface area (Å²) in [4.78, 5) is 14.3. The van der Waals surface area contributed by atoms with E-state index >= 15 is 0 Å². The van der Waals surface area contributed by atoms with Crippen molar-refractivity contribution >= 4 is 11.6 Å². The Kier molecular flexibility index (Phi) is 4.40. The van der Waals surface area contributed by atoms with Crippen molar-refractivity contribution in [3.05, 3.63) is 29.6 Å². The predicted molar refractivity (Wildman–Crippen MR) is 74.9 cm³/mol. The highest BCUT2D eigenvalue weighted by Gasteiger charge is 2.24. The first kappa shape index (κ1) is 13.8. The Labute approximate surface area is 113 Å². The molecule has 1 aromatic rings. The molecule has 104 valence electrons. The Morgan fingerprint density at radius 3 is 2.68 bits per heavy atom. The Morgan fingerprint density at radius 1 is 1.42 bits per heavy atom. The number of hydrogen-bond acceptors (Lipinski definition) is 2. The molecule has 0 bridgehead atoms. The fourth-order valence-corrected chi connectivity index (χ4v) is 2.67. The minimum Gasteiger partial charge on any atom is -0.385 e. The van der Waals surface area contributed by atoms with E-state index in [1.807, 2.05) is 4.90 Å². The van der Waals surface area contributed by atoms with E-state index in [9.17, 15) is 9.18 Å². The van der Waals surface area contributed by atoms with E-state index in [0.717, 1.165) is 31.8 Å². The topological polar surface area (TPSA) is 32.3 Å². The number of anilines is 1. The second-order valence-corrected chi connectivity index (χ2v) is 5.06. The van der Waals surface area contributed by atoms with Gasteiger partial charge in [-0.1, -0.05) is 19.4 Å². The second kappa shape index (κ2) is 6.04. The van der Waals surface area contributed by atoms with Crippen molar-refractivity contribution in [1.82, 2.24) is 4.90 Å². The summed E-state index contributed by atoms with van der Waals surface area (Å²) in [6.07, 6.45) is 3.27. The van der Waals surface area contributed by atoms with E-state index in [1.165, 1.54) is 12.5 Å². The van der Waals surface area contributed by atoms with E-state index < -0.39 is 0 Å². The molecule has 19 heavy (non-hydrogen) atoms. The van der Waals surface area contributed by atoms with Gasteiger partial charge < -0.3 is 10.2 Å². The van der Waals surface area contributed by atoms with E-state index in [-0.39, 0.29) is 11.7 Å². The molecule has 3 nitrogen and oxygen atoms in total. The lowest BCUT2D eigenvalue weighted by Crippen LogP contribution is -2.38. The first-order chi connectivity index (χ1) is 9.17. The zero-order valence-corrected chi connectivity index (χ0v) is 11.6. The van der Waals surface area contributed by atoms with Gasteiger partial charge in [0.25, 0.3) is 5.91 Å². The largest absolute Gasteiger partial charge is 0.385 e. The molecule has 0 aromatic heterocycles. The molecule has 0 aliphatic carbocycles. The number of carbonyl (C=O) groups is 1. The van der Waals surface area contributed by atoms with Crippen LogP contribution in [0.2, 0.25) is 0 Å². The molecular weight excluding hydrogens is 243 g/mol. The number of nitrogens with one attached hydrogen (secondary N) is 1. The first-order valence-electron chi connectivity index (χ1n) is 6.93. The number of amides is 1. The fourth-order valence-electron chi connectivity index (χ4n) is 2.67. The molecule has 0 atom stereocenters. The van der Waals surface area contributed by atoms with Crippen LogP contribution in [0.15, 0.2) is 18.2 Å². The summed E-state index contributed by atoms with van der Waals surface area (Å²) in [6, 6.07) is 4.64. The number of carbonyl (C=O) groups excluding carboxylic acids is 1. The number of rotatable bonds is 3. The fraction of sp³-hybridized carbons (Fsp3) is 0.533. The summed E-state index contributed by atoms with van der Waals surface area (Å²) in [5, 5.41) is 2.78. The Hall–Kier alpha value is -1.58. The smallest absolute Gasteiger partial charge is 0.256 e. The monoisotopic (exact) mass is 264 g/mol. The molecule has 1 fully saturated rings. The van der Waals surface area contributed by atoms with Crippen molar-refractivity contribution in [1.29, 1.82) is 0 Å². The Morgan fingerprint density at radius 2 is 2.11 bits per heavy atom. The highest BCUT2D eigenvalue weighted by Crippen LogP contribution is 2.25. The van der Waals surface area contributed by atoms with Gasteiger partial charge in [-0.2, -0.15) is 0 Å². The minimum atomic E-state index is -0.378. The van der Waals surface area contributed by atoms with Crippen molar-refractivity contribution < 1.29 is 9.18 Å². The number of hydrogen-bond donors (Lipinski definition) is 1. The number of para-hydroxylation sites is 1. The molecule has 0 saturated carbocycles. The van der Waals surface area contributed by atoms with Gasteiger partial charge in [-0.3, -0.25) is 4.79 Å². The van der Waals surface area contributed by atoms with Gasteiger partial charge >= 0.3 is 0 Å². The standard InChI is InChI=1S/C15H21FN2O/c1-3-11-7-9-18(10-8-11)15(19)12-5-4-6-13(16)14(12)17-2/h4-6,11,17H,3,7-10H2,1-2H3. The number of piperidine rings is 1. The predicted octanol–water partition coefficient (Wildman–Crippen LogP) is 3.13. The van der Waals surface area contributed by atoms with Crippen molar-refractivity contribution in [3.8, 4) is 0 Å². The maximum absolute atomic E-state index is 13.7. The van der Waals surface area contributed by atoms with Crippen molar-refractivity contribution in [2.45, 2.75) is 26.2 Å². The van der Waals surface area contributed by atoms with Crippen LogP contribution in [0.3, 0.4) is 0 Å². The van der Waals surface area contributed by atoms with E-state index in [0.29, 0.717) is 11.3 Å². The van der Waals surface area contributed by atoms with Crippen LogP contribution in [0.4, 0.5) is 10.1 Å². The average Bonchev–Trinajstić information content (AvgIpc) is 2.46. The third kappa shape index (κ3) is 2.88. The summed E-state index contributed by atoms with van der Waals surface area (Å²) in [6.45, 7) is 3.74. The maximum Gasteiger partial charge on any atom is 0.256 e. The zero-order valence-electron chi connectivity index (χ0n) is 11.6. The van der Waals surface area contributed by atoms with E-state index in [2.05, 4.69) is 12.2 Å². The molecule has 0 spiro atoms. The van der Waals surface area contributed by atoms with Gasteiger partial charge in [0.05, 0.1) is 11.3 Å². The quantitative estimate of drug-likeness (QED) is 0.909. The van der Waals surface area contributed by atoms with Crippen LogP contribution < -0.4 is 5.32 Å². The maximum atomic E-state index is 13.7. The molecule has 0 unspecified atom stereocenters. The number of likely N-dealkylation sites (tertiary alicyclic amines) is 1. The molecule has 1 saturated heterocycles. The summed E-state index contributed by atoms with van der Waals surface area (Å²) < 4.78 is 13.7. The number of benzene rings is 1. The lowest BCUT2D eigenvalue weighted by Gasteiger charge is -2.32. The van der Waals surface area contributed by atoms with Crippen LogP contribution in [0, 0.1) is 11.7 Å². The summed E-state index contributed by atoms with van der Waals surface area (Å²) in [5.41, 5.74) is 0.725. The average molecular weight is 264 g/mol. The first-order valence-corrected chi connectivity index (χ1v) is 6.93. The number of nitrogens with zero attached hydrogens (tertiary/aromatic N) is 1. The van der Waals surface area contributed by atoms with Crippen LogP contribution >= 0.6 is 0 Å². The molecule has 1 aromatic carbocycles. The van der Waals surface area contributed by atoms with Gasteiger partial charge in [0.15, 0.2) is 0 Å². The second-order valence-electron chi connectivity index (χ2n) is 5.06. The lowest BCUT2D eigenvalue weighted by molar-refractivity contribution is 0.0689. The SMILES string of the molecule is CCC1CCN(C(=O)c2cccc(F)c2NC)CC1. The highest BCUT2D eigenvalue weighted by molar-refractivity contribution is 5.99. The molecule has 1 aliphatic rings. The van der Waals surface area contributed by atoms with Gasteiger partial charge in [0, 0.05) is 20.1 Å². The minimum absolute atomic E-state index is 0.0709. The molecule has 1 heterocycles. The lowest BCUT2D eigenvalue weighted by atomic mass is 9.94. The molecule has 1 amide bonds. The molecule has 2 rings (SSSR count).